The van der Waals surface area contributed by atoms with Crippen LogP contribution in [0.2, 0.25) is 0 Å². The lowest BCUT2D eigenvalue weighted by atomic mass is 9.95. The number of aliphatic hydroxyl groups excluding tert-OH is 1. The summed E-state index contributed by atoms with van der Waals surface area (Å²) in [6.45, 7) is 5.76. The van der Waals surface area contributed by atoms with Gasteiger partial charge in [-0.3, -0.25) is 52.7 Å². The van der Waals surface area contributed by atoms with E-state index in [0.717, 1.165) is 18.5 Å². The maximum atomic E-state index is 15.9. The third kappa shape index (κ3) is 23.0. The van der Waals surface area contributed by atoms with Crippen LogP contribution >= 0.6 is 0 Å². The quantitative estimate of drug-likeness (QED) is 0.0411. The summed E-state index contributed by atoms with van der Waals surface area (Å²) in [7, 11) is 5.42. The summed E-state index contributed by atoms with van der Waals surface area (Å²) in [6.07, 6.45) is 0.651. The largest absolute Gasteiger partial charge is 0.497 e. The molecule has 10 bridgehead atoms. The van der Waals surface area contributed by atoms with Gasteiger partial charge in [-0.25, -0.2) is 9.07 Å². The molecule has 2 saturated heterocycles. The monoisotopic (exact) mass is 1540 g/mol. The zero-order valence-corrected chi connectivity index (χ0v) is 63.4. The van der Waals surface area contributed by atoms with Crippen LogP contribution in [-0.4, -0.2) is 245 Å². The molecule has 0 spiro atoms. The molecule has 596 valence electrons. The number of carbonyl (C=O) groups excluding carboxylic acids is 11. The van der Waals surface area contributed by atoms with E-state index in [0.29, 0.717) is 76.2 Å². The molecule has 0 saturated carbocycles. The predicted octanol–water partition coefficient (Wildman–Crippen LogP) is 0.434. The van der Waals surface area contributed by atoms with Crippen molar-refractivity contribution in [3.63, 3.8) is 0 Å². The SMILES string of the molecule is COc1ccc(C[C@@H]2NC(=O)[C@H]([C@H](C)O)NC(=O)[C@@H]3[C@@H]4CCN3C(=O)[C@H](Cc3c[nH]c5ccc(F)cc35)NC(=O)[C@H](Cc3cccc(c3)Cn3cc(nn3)CO4)NC(=O)[C@@H](C)NC(=O)[C@H](CNC(=O)CCOCCOCCCN(C)C)NC(=O)CCC(=O)NCc3ccc(cc3)CCNC(=O)[C@]3(C)CCCN3C2=O)cc1. The summed E-state index contributed by atoms with van der Waals surface area (Å²) >= 11 is 0. The molecule has 2 aromatic heterocycles. The summed E-state index contributed by atoms with van der Waals surface area (Å²) in [5.41, 5.74) is 3.07. The number of benzene rings is 4. The lowest BCUT2D eigenvalue weighted by molar-refractivity contribution is -0.147. The molecule has 33 heteroatoms. The number of rotatable bonds is 18. The van der Waals surface area contributed by atoms with E-state index in [-0.39, 0.29) is 97.5 Å². The van der Waals surface area contributed by atoms with Crippen LogP contribution in [0.3, 0.4) is 0 Å². The van der Waals surface area contributed by atoms with E-state index < -0.39 is 144 Å². The highest BCUT2D eigenvalue weighted by molar-refractivity contribution is 6.00. The minimum atomic E-state index is -1.82. The molecule has 111 heavy (non-hydrogen) atoms. The molecule has 2 fully saturated rings. The zero-order valence-electron chi connectivity index (χ0n) is 63.4. The molecule has 11 N–H and O–H groups in total. The van der Waals surface area contributed by atoms with Crippen molar-refractivity contribution in [1.29, 1.82) is 0 Å². The number of halogens is 1. The van der Waals surface area contributed by atoms with Crippen molar-refractivity contribution < 1.29 is 81.2 Å². The Morgan fingerprint density at radius 1 is 0.748 bits per heavy atom. The van der Waals surface area contributed by atoms with Gasteiger partial charge in [-0.15, -0.1) is 5.10 Å². The Morgan fingerprint density at radius 2 is 1.48 bits per heavy atom. The Labute approximate surface area is 642 Å². The topological polar surface area (TPSA) is 409 Å². The number of fused-ring (bicyclic) bond motifs is 28. The molecule has 5 aliphatic heterocycles. The van der Waals surface area contributed by atoms with E-state index in [4.69, 9.17) is 18.9 Å². The number of methoxy groups -OCH3 is 1. The van der Waals surface area contributed by atoms with Gasteiger partial charge in [-0.1, -0.05) is 65.9 Å². The fourth-order valence-electron chi connectivity index (χ4n) is 14.0. The molecule has 32 nitrogen and oxygen atoms in total. The van der Waals surface area contributed by atoms with Gasteiger partial charge in [0.05, 0.1) is 58.5 Å². The number of amides is 11. The number of aromatic nitrogens is 4. The molecule has 0 unspecified atom stereocenters. The van der Waals surface area contributed by atoms with Crippen molar-refractivity contribution in [2.75, 3.05) is 80.4 Å². The van der Waals surface area contributed by atoms with Gasteiger partial charge in [-0.2, -0.15) is 0 Å². The van der Waals surface area contributed by atoms with Gasteiger partial charge in [0.25, 0.3) is 0 Å². The van der Waals surface area contributed by atoms with Crippen LogP contribution in [0.4, 0.5) is 4.39 Å². The van der Waals surface area contributed by atoms with E-state index in [1.165, 1.54) is 59.8 Å². The van der Waals surface area contributed by atoms with Crippen LogP contribution in [0, 0.1) is 5.82 Å². The Hall–Kier alpha value is -10.7. The molecular weight excluding hydrogens is 1440 g/mol. The van der Waals surface area contributed by atoms with Crippen LogP contribution in [-0.2, 0) is 112 Å². The highest BCUT2D eigenvalue weighted by atomic mass is 19.1. The van der Waals surface area contributed by atoms with Crippen molar-refractivity contribution in [3.05, 3.63) is 148 Å². The maximum absolute atomic E-state index is 15.9. The van der Waals surface area contributed by atoms with E-state index >= 15 is 28.4 Å². The number of hydrogen-bond acceptors (Lipinski definition) is 19. The van der Waals surface area contributed by atoms with Crippen LogP contribution in [0.15, 0.2) is 103 Å². The van der Waals surface area contributed by atoms with Gasteiger partial charge in [0.15, 0.2) is 0 Å². The molecular formula is C78H101FN16O16. The summed E-state index contributed by atoms with van der Waals surface area (Å²) in [5, 5.41) is 45.3. The average Bonchev–Trinajstić information content (AvgIpc) is 1.66. The van der Waals surface area contributed by atoms with Crippen LogP contribution in [0.1, 0.15) is 105 Å². The minimum Gasteiger partial charge on any atom is -0.497 e. The smallest absolute Gasteiger partial charge is 0.246 e. The number of nitrogens with zero attached hydrogens (tertiary/aromatic N) is 6. The second-order valence-electron chi connectivity index (χ2n) is 29.0. The van der Waals surface area contributed by atoms with Crippen LogP contribution < -0.4 is 52.6 Å². The second kappa shape index (κ2) is 39.2. The Morgan fingerprint density at radius 3 is 2.23 bits per heavy atom. The number of ether oxygens (including phenoxy) is 4. The van der Waals surface area contributed by atoms with Crippen molar-refractivity contribution >= 4 is 75.9 Å². The third-order valence-electron chi connectivity index (χ3n) is 20.2. The number of hydrogen-bond donors (Lipinski definition) is 11. The Kier molecular flexibility index (Phi) is 29.3. The first kappa shape index (κ1) is 82.7. The van der Waals surface area contributed by atoms with Gasteiger partial charge in [0.1, 0.15) is 65.1 Å². The summed E-state index contributed by atoms with van der Waals surface area (Å²) in [5.74, 6) is -8.64. The molecule has 4 aromatic carbocycles. The highest BCUT2D eigenvalue weighted by Crippen LogP contribution is 2.32. The molecule has 0 aliphatic carbocycles. The van der Waals surface area contributed by atoms with Gasteiger partial charge < -0.3 is 91.6 Å². The molecule has 10 atom stereocenters. The Balaban J connectivity index is 0.979. The first-order valence-corrected chi connectivity index (χ1v) is 37.6. The van der Waals surface area contributed by atoms with Crippen LogP contribution in [0.5, 0.6) is 5.75 Å². The fraction of sp³-hybridized carbons (Fsp3) is 0.500. The normalized spacial score (nSPS) is 23.7. The number of carbonyl (C=O) groups is 11. The van der Waals surface area contributed by atoms with Gasteiger partial charge in [0, 0.05) is 95.0 Å². The second-order valence-corrected chi connectivity index (χ2v) is 29.0. The van der Waals surface area contributed by atoms with Crippen LogP contribution in [0.25, 0.3) is 10.9 Å². The number of aliphatic hydroxyl groups is 1. The Bertz CT molecular complexity index is 4270. The highest BCUT2D eigenvalue weighted by Gasteiger charge is 2.50. The predicted molar refractivity (Wildman–Crippen MR) is 402 cm³/mol. The van der Waals surface area contributed by atoms with E-state index in [1.54, 1.807) is 73.8 Å². The molecule has 6 aromatic rings. The molecule has 7 heterocycles. The number of nitrogens with one attached hydrogen (secondary N) is 10. The fourth-order valence-corrected chi connectivity index (χ4v) is 14.0. The third-order valence-corrected chi connectivity index (χ3v) is 20.2. The standard InChI is InChI=1S/C78H101FN16O16/c1-47-70(100)86-60-38-52-10-7-11-53(36-52)44-93-45-56(90-91-93)46-111-64-25-31-94(75(105)62(87-71(60)101)39-54-42-81-59-21-18-55(79)40-58(54)59)69(64)74(104)89-68(48(2)96)73(103)88-61(37-50-16-19-57(108-6)20-17-50)76(106)95-30-8-27-78(95,3)77(107)80-28-24-49-12-14-51(15-13-49)41-82-65(97)22-23-67(99)85-63(72(102)84-47)43-83-66(98)26-33-110-35-34-109-32-9-29-92(4)5/h7,10-21,36,40,42,45,47-48,60-64,68-69,81,96H,8-9,22-35,37-39,41,43-44,46H2,1-6H3,(H,80,107)(H,82,97)(H,83,98)(H,84,102)(H,85,99)(H,86,100)(H,87,101)(H,88,103)(H,89,104)/t47-,48+,60+,61+,62+,63+,64+,68+,69+,78+/m1/s1. The van der Waals surface area contributed by atoms with Gasteiger partial charge in [-0.05, 0) is 137 Å². The van der Waals surface area contributed by atoms with Gasteiger partial charge >= 0.3 is 0 Å². The lowest BCUT2D eigenvalue weighted by Gasteiger charge is -2.37. The molecule has 11 amide bonds. The lowest BCUT2D eigenvalue weighted by Crippen LogP contribution is -2.64. The first-order chi connectivity index (χ1) is 53.3. The van der Waals surface area contributed by atoms with Crippen molar-refractivity contribution in [2.45, 2.75) is 171 Å². The summed E-state index contributed by atoms with van der Waals surface area (Å²) in [6, 6.07) is 14.0. The first-order valence-electron chi connectivity index (χ1n) is 37.6. The molecule has 11 rings (SSSR count). The number of aromatic amines is 1. The van der Waals surface area contributed by atoms with E-state index in [2.05, 4.69) is 63.1 Å². The average molecular weight is 1540 g/mol. The zero-order chi connectivity index (χ0) is 79.3. The van der Waals surface area contributed by atoms with E-state index in [1.807, 2.05) is 31.1 Å². The number of H-pyrrole nitrogens is 1. The maximum Gasteiger partial charge on any atom is 0.246 e. The van der Waals surface area contributed by atoms with Crippen molar-refractivity contribution in [2.24, 2.45) is 0 Å². The molecule has 5 aliphatic rings. The summed E-state index contributed by atoms with van der Waals surface area (Å²) in [4.78, 5) is 169. The van der Waals surface area contributed by atoms with Crippen molar-refractivity contribution in [3.8, 4) is 5.75 Å². The van der Waals surface area contributed by atoms with E-state index in [9.17, 15) is 33.9 Å². The summed E-state index contributed by atoms with van der Waals surface area (Å²) < 4.78 is 39.8. The van der Waals surface area contributed by atoms with Crippen molar-refractivity contribution in [1.82, 2.24) is 82.5 Å². The van der Waals surface area contributed by atoms with Gasteiger partial charge in [0.2, 0.25) is 65.0 Å². The minimum absolute atomic E-state index is 0.00151. The molecule has 0 radical (unpaired) electrons.